The molecular weight excluding hydrogens is 303 g/mol. The van der Waals surface area contributed by atoms with Gasteiger partial charge in [-0.1, -0.05) is 25.5 Å². The van der Waals surface area contributed by atoms with Crippen LogP contribution in [0.4, 0.5) is 0 Å². The summed E-state index contributed by atoms with van der Waals surface area (Å²) in [4.78, 5) is 10.9. The first-order chi connectivity index (χ1) is 7.13. The standard InChI is InChI=1S/C12H13IO2/c1-2-4-10(12(14)15)7-9-5-3-6-11(13)8-9/h3,5-8H,2,4H2,1H3,(H,14,15). The summed E-state index contributed by atoms with van der Waals surface area (Å²) in [6.07, 6.45) is 3.21. The molecule has 0 unspecified atom stereocenters. The van der Waals surface area contributed by atoms with Gasteiger partial charge in [0.15, 0.2) is 0 Å². The minimum Gasteiger partial charge on any atom is -0.478 e. The molecule has 0 aromatic heterocycles. The van der Waals surface area contributed by atoms with Gasteiger partial charge in [-0.25, -0.2) is 4.79 Å². The van der Waals surface area contributed by atoms with Crippen LogP contribution in [0.5, 0.6) is 0 Å². The Balaban J connectivity index is 2.96. The fourth-order valence-electron chi connectivity index (χ4n) is 1.31. The predicted molar refractivity (Wildman–Crippen MR) is 69.7 cm³/mol. The molecule has 0 atom stereocenters. The highest BCUT2D eigenvalue weighted by atomic mass is 127. The first kappa shape index (κ1) is 12.2. The molecule has 2 nitrogen and oxygen atoms in total. The van der Waals surface area contributed by atoms with Crippen LogP contribution < -0.4 is 0 Å². The number of carboxylic acid groups (broad SMARTS) is 1. The maximum absolute atomic E-state index is 10.9. The van der Waals surface area contributed by atoms with E-state index in [1.807, 2.05) is 31.2 Å². The minimum absolute atomic E-state index is 0.472. The number of hydrogen-bond donors (Lipinski definition) is 1. The lowest BCUT2D eigenvalue weighted by atomic mass is 10.1. The number of carbonyl (C=O) groups is 1. The quantitative estimate of drug-likeness (QED) is 0.681. The van der Waals surface area contributed by atoms with Gasteiger partial charge in [-0.3, -0.25) is 0 Å². The van der Waals surface area contributed by atoms with E-state index >= 15 is 0 Å². The lowest BCUT2D eigenvalue weighted by Gasteiger charge is -2.00. The molecule has 3 heteroatoms. The predicted octanol–water partition coefficient (Wildman–Crippen LogP) is 3.56. The molecule has 0 saturated heterocycles. The molecule has 1 rings (SSSR count). The van der Waals surface area contributed by atoms with Gasteiger partial charge in [-0.15, -0.1) is 0 Å². The van der Waals surface area contributed by atoms with Crippen molar-refractivity contribution >= 4 is 34.6 Å². The van der Waals surface area contributed by atoms with E-state index in [-0.39, 0.29) is 0 Å². The average molecular weight is 316 g/mol. The Morgan fingerprint density at radius 3 is 2.80 bits per heavy atom. The van der Waals surface area contributed by atoms with Crippen LogP contribution in [0.25, 0.3) is 6.08 Å². The van der Waals surface area contributed by atoms with Crippen molar-refractivity contribution in [3.05, 3.63) is 39.0 Å². The van der Waals surface area contributed by atoms with Gasteiger partial charge in [0.25, 0.3) is 0 Å². The lowest BCUT2D eigenvalue weighted by molar-refractivity contribution is -0.132. The van der Waals surface area contributed by atoms with E-state index < -0.39 is 5.97 Å². The third-order valence-corrected chi connectivity index (χ3v) is 2.65. The minimum atomic E-state index is -0.823. The molecule has 0 radical (unpaired) electrons. The van der Waals surface area contributed by atoms with Crippen LogP contribution in [0.3, 0.4) is 0 Å². The highest BCUT2D eigenvalue weighted by Gasteiger charge is 2.05. The highest BCUT2D eigenvalue weighted by Crippen LogP contribution is 2.14. The summed E-state index contributed by atoms with van der Waals surface area (Å²) in [6, 6.07) is 7.80. The van der Waals surface area contributed by atoms with Gasteiger partial charge in [-0.05, 0) is 52.8 Å². The molecule has 0 aliphatic carbocycles. The molecule has 1 N–H and O–H groups in total. The van der Waals surface area contributed by atoms with Crippen LogP contribution in [0.1, 0.15) is 25.3 Å². The summed E-state index contributed by atoms with van der Waals surface area (Å²) in [5.41, 5.74) is 1.42. The second-order valence-corrected chi connectivity index (χ2v) is 4.53. The van der Waals surface area contributed by atoms with Gasteiger partial charge < -0.3 is 5.11 Å². The number of benzene rings is 1. The molecule has 1 aromatic rings. The molecule has 0 amide bonds. The van der Waals surface area contributed by atoms with Gasteiger partial charge in [0, 0.05) is 9.14 Å². The third-order valence-electron chi connectivity index (χ3n) is 1.98. The van der Waals surface area contributed by atoms with E-state index in [9.17, 15) is 4.79 Å². The zero-order valence-electron chi connectivity index (χ0n) is 8.53. The van der Waals surface area contributed by atoms with E-state index in [1.165, 1.54) is 0 Å². The third kappa shape index (κ3) is 4.03. The summed E-state index contributed by atoms with van der Waals surface area (Å²) >= 11 is 2.21. The Labute approximate surface area is 103 Å². The molecule has 1 aromatic carbocycles. The summed E-state index contributed by atoms with van der Waals surface area (Å²) in [7, 11) is 0. The fraction of sp³-hybridized carbons (Fsp3) is 0.250. The summed E-state index contributed by atoms with van der Waals surface area (Å²) < 4.78 is 1.11. The number of halogens is 1. The van der Waals surface area contributed by atoms with Crippen molar-refractivity contribution < 1.29 is 9.90 Å². The van der Waals surface area contributed by atoms with Crippen molar-refractivity contribution in [2.45, 2.75) is 19.8 Å². The molecule has 15 heavy (non-hydrogen) atoms. The topological polar surface area (TPSA) is 37.3 Å². The molecule has 0 aliphatic rings. The van der Waals surface area contributed by atoms with Crippen molar-refractivity contribution in [2.24, 2.45) is 0 Å². The van der Waals surface area contributed by atoms with E-state index in [1.54, 1.807) is 6.08 Å². The Morgan fingerprint density at radius 2 is 2.27 bits per heavy atom. The van der Waals surface area contributed by atoms with Crippen LogP contribution in [0.15, 0.2) is 29.8 Å². The van der Waals surface area contributed by atoms with Crippen molar-refractivity contribution in [3.8, 4) is 0 Å². The molecule has 0 fully saturated rings. The molecule has 0 heterocycles. The van der Waals surface area contributed by atoms with Gasteiger partial charge in [0.1, 0.15) is 0 Å². The Bertz CT molecular complexity index is 383. The maximum Gasteiger partial charge on any atom is 0.331 e. The lowest BCUT2D eigenvalue weighted by Crippen LogP contribution is -1.99. The fourth-order valence-corrected chi connectivity index (χ4v) is 1.87. The number of hydrogen-bond acceptors (Lipinski definition) is 1. The normalized spacial score (nSPS) is 11.5. The van der Waals surface area contributed by atoms with Crippen LogP contribution >= 0.6 is 22.6 Å². The number of carboxylic acids is 1. The second-order valence-electron chi connectivity index (χ2n) is 3.28. The molecule has 0 bridgehead atoms. The number of rotatable bonds is 4. The Kier molecular flexibility index (Phi) is 4.81. The van der Waals surface area contributed by atoms with Crippen LogP contribution in [-0.4, -0.2) is 11.1 Å². The van der Waals surface area contributed by atoms with E-state index in [4.69, 9.17) is 5.11 Å². The monoisotopic (exact) mass is 316 g/mol. The van der Waals surface area contributed by atoms with E-state index in [2.05, 4.69) is 22.6 Å². The van der Waals surface area contributed by atoms with Gasteiger partial charge in [-0.2, -0.15) is 0 Å². The number of aliphatic carboxylic acids is 1. The summed E-state index contributed by atoms with van der Waals surface area (Å²) in [5.74, 6) is -0.823. The van der Waals surface area contributed by atoms with Crippen molar-refractivity contribution in [1.82, 2.24) is 0 Å². The first-order valence-electron chi connectivity index (χ1n) is 4.83. The average Bonchev–Trinajstić information content (AvgIpc) is 2.17. The van der Waals surface area contributed by atoms with Crippen LogP contribution in [-0.2, 0) is 4.79 Å². The molecule has 0 aliphatic heterocycles. The zero-order valence-corrected chi connectivity index (χ0v) is 10.7. The van der Waals surface area contributed by atoms with E-state index in [0.29, 0.717) is 12.0 Å². The molecular formula is C12H13IO2. The van der Waals surface area contributed by atoms with Gasteiger partial charge >= 0.3 is 5.97 Å². The Hall–Kier alpha value is -0.840. The van der Waals surface area contributed by atoms with Gasteiger partial charge in [0.05, 0.1) is 0 Å². The Morgan fingerprint density at radius 1 is 1.53 bits per heavy atom. The van der Waals surface area contributed by atoms with Crippen molar-refractivity contribution in [2.75, 3.05) is 0 Å². The van der Waals surface area contributed by atoms with E-state index in [0.717, 1.165) is 15.6 Å². The molecule has 80 valence electrons. The maximum atomic E-state index is 10.9. The highest BCUT2D eigenvalue weighted by molar-refractivity contribution is 14.1. The van der Waals surface area contributed by atoms with Gasteiger partial charge in [0.2, 0.25) is 0 Å². The van der Waals surface area contributed by atoms with Crippen LogP contribution in [0.2, 0.25) is 0 Å². The first-order valence-corrected chi connectivity index (χ1v) is 5.90. The SMILES string of the molecule is CCCC(=Cc1cccc(I)c1)C(=O)O. The van der Waals surface area contributed by atoms with Crippen LogP contribution in [0, 0.1) is 3.57 Å². The van der Waals surface area contributed by atoms with Crippen molar-refractivity contribution in [3.63, 3.8) is 0 Å². The molecule has 0 spiro atoms. The summed E-state index contributed by atoms with van der Waals surface area (Å²) in [6.45, 7) is 1.98. The summed E-state index contributed by atoms with van der Waals surface area (Å²) in [5, 5.41) is 8.96. The largest absolute Gasteiger partial charge is 0.478 e. The molecule has 0 saturated carbocycles. The van der Waals surface area contributed by atoms with Crippen molar-refractivity contribution in [1.29, 1.82) is 0 Å². The smallest absolute Gasteiger partial charge is 0.331 e. The zero-order chi connectivity index (χ0) is 11.3. The second kappa shape index (κ2) is 5.90.